The smallest absolute Gasteiger partial charge is 0.262 e. The van der Waals surface area contributed by atoms with Crippen LogP contribution in [0.25, 0.3) is 6.08 Å². The summed E-state index contributed by atoms with van der Waals surface area (Å²) in [7, 11) is 0. The largest absolute Gasteiger partial charge is 0.490 e. The lowest BCUT2D eigenvalue weighted by molar-refractivity contribution is -0.117. The molecule has 0 aliphatic heterocycles. The first-order valence-corrected chi connectivity index (χ1v) is 8.89. The maximum atomic E-state index is 12.1. The molecule has 0 saturated carbocycles. The third-order valence-corrected chi connectivity index (χ3v) is 3.60. The van der Waals surface area contributed by atoms with Crippen LogP contribution in [0.4, 0.5) is 0 Å². The van der Waals surface area contributed by atoms with Crippen LogP contribution in [0.3, 0.4) is 0 Å². The molecule has 0 aliphatic carbocycles. The maximum Gasteiger partial charge on any atom is 0.262 e. The lowest BCUT2D eigenvalue weighted by atomic mass is 10.1. The number of ether oxygens (including phenoxy) is 2. The number of benzene rings is 2. The van der Waals surface area contributed by atoms with E-state index in [1.807, 2.05) is 57.2 Å². The Balaban J connectivity index is 2.21. The normalized spacial score (nSPS) is 11.0. The molecule has 5 nitrogen and oxygen atoms in total. The standard InChI is InChI=1S/C22H24N2O3/c1-4-26-21-13-18(12-19(14-23)22(25)24-16(2)3)10-11-20(21)27-15-17-8-6-5-7-9-17/h5-13,16H,4,15H2,1-3H3,(H,24,25)/b19-12+. The summed E-state index contributed by atoms with van der Waals surface area (Å²) in [5.41, 5.74) is 1.80. The molecular weight excluding hydrogens is 340 g/mol. The lowest BCUT2D eigenvalue weighted by Gasteiger charge is -2.13. The van der Waals surface area contributed by atoms with Crippen LogP contribution in [0.15, 0.2) is 54.1 Å². The van der Waals surface area contributed by atoms with Gasteiger partial charge >= 0.3 is 0 Å². The minimum Gasteiger partial charge on any atom is -0.490 e. The quantitative estimate of drug-likeness (QED) is 0.565. The van der Waals surface area contributed by atoms with Gasteiger partial charge in [0.15, 0.2) is 11.5 Å². The molecule has 1 N–H and O–H groups in total. The van der Waals surface area contributed by atoms with Crippen LogP contribution in [0.2, 0.25) is 0 Å². The highest BCUT2D eigenvalue weighted by molar-refractivity contribution is 6.01. The first kappa shape index (κ1) is 20.1. The van der Waals surface area contributed by atoms with Crippen molar-refractivity contribution in [1.82, 2.24) is 5.32 Å². The highest BCUT2D eigenvalue weighted by atomic mass is 16.5. The average Bonchev–Trinajstić information content (AvgIpc) is 2.66. The third-order valence-electron chi connectivity index (χ3n) is 3.60. The van der Waals surface area contributed by atoms with Gasteiger partial charge in [0.05, 0.1) is 6.61 Å². The Morgan fingerprint density at radius 2 is 1.89 bits per heavy atom. The first-order chi connectivity index (χ1) is 13.0. The van der Waals surface area contributed by atoms with E-state index in [0.717, 1.165) is 5.56 Å². The zero-order valence-electron chi connectivity index (χ0n) is 15.9. The number of rotatable bonds is 8. The summed E-state index contributed by atoms with van der Waals surface area (Å²) in [4.78, 5) is 12.1. The maximum absolute atomic E-state index is 12.1. The van der Waals surface area contributed by atoms with E-state index >= 15 is 0 Å². The molecule has 0 unspecified atom stereocenters. The molecular formula is C22H24N2O3. The minimum atomic E-state index is -0.394. The summed E-state index contributed by atoms with van der Waals surface area (Å²) in [6.45, 7) is 6.49. The number of hydrogen-bond acceptors (Lipinski definition) is 4. The predicted octanol–water partition coefficient (Wildman–Crippen LogP) is 4.10. The number of carbonyl (C=O) groups is 1. The molecule has 0 fully saturated rings. The molecule has 0 aliphatic rings. The van der Waals surface area contributed by atoms with Crippen molar-refractivity contribution in [2.45, 2.75) is 33.4 Å². The first-order valence-electron chi connectivity index (χ1n) is 8.89. The molecule has 2 rings (SSSR count). The molecule has 0 heterocycles. The molecule has 2 aromatic carbocycles. The zero-order chi connectivity index (χ0) is 19.6. The van der Waals surface area contributed by atoms with Crippen molar-refractivity contribution in [2.75, 3.05) is 6.61 Å². The second-order valence-corrected chi connectivity index (χ2v) is 6.21. The Bertz CT molecular complexity index is 836. The molecule has 0 atom stereocenters. The van der Waals surface area contributed by atoms with Crippen LogP contribution in [-0.4, -0.2) is 18.6 Å². The van der Waals surface area contributed by atoms with Gasteiger partial charge in [-0.1, -0.05) is 36.4 Å². The average molecular weight is 364 g/mol. The van der Waals surface area contributed by atoms with Gasteiger partial charge in [0, 0.05) is 6.04 Å². The Morgan fingerprint density at radius 3 is 2.52 bits per heavy atom. The summed E-state index contributed by atoms with van der Waals surface area (Å²) < 4.78 is 11.5. The van der Waals surface area contributed by atoms with E-state index in [2.05, 4.69) is 5.32 Å². The van der Waals surface area contributed by atoms with Crippen molar-refractivity contribution in [2.24, 2.45) is 0 Å². The van der Waals surface area contributed by atoms with Crippen LogP contribution < -0.4 is 14.8 Å². The van der Waals surface area contributed by atoms with Gasteiger partial charge in [0.2, 0.25) is 0 Å². The summed E-state index contributed by atoms with van der Waals surface area (Å²) in [6.07, 6.45) is 1.54. The van der Waals surface area contributed by atoms with Crippen LogP contribution in [0, 0.1) is 11.3 Å². The van der Waals surface area contributed by atoms with Crippen molar-refractivity contribution < 1.29 is 14.3 Å². The lowest BCUT2D eigenvalue weighted by Crippen LogP contribution is -2.30. The molecule has 5 heteroatoms. The molecule has 1 amide bonds. The fraction of sp³-hybridized carbons (Fsp3) is 0.273. The number of hydrogen-bond donors (Lipinski definition) is 1. The van der Waals surface area contributed by atoms with Gasteiger partial charge in [0.1, 0.15) is 18.2 Å². The van der Waals surface area contributed by atoms with Gasteiger partial charge in [-0.2, -0.15) is 5.26 Å². The van der Waals surface area contributed by atoms with Gasteiger partial charge in [0.25, 0.3) is 5.91 Å². The van der Waals surface area contributed by atoms with Crippen molar-refractivity contribution in [3.63, 3.8) is 0 Å². The number of nitriles is 1. The van der Waals surface area contributed by atoms with E-state index in [1.54, 1.807) is 24.3 Å². The highest BCUT2D eigenvalue weighted by Gasteiger charge is 2.12. The summed E-state index contributed by atoms with van der Waals surface area (Å²) in [6, 6.07) is 17.1. The fourth-order valence-corrected chi connectivity index (χ4v) is 2.39. The Labute approximate surface area is 160 Å². The van der Waals surface area contributed by atoms with E-state index in [-0.39, 0.29) is 11.6 Å². The van der Waals surface area contributed by atoms with E-state index < -0.39 is 5.91 Å². The van der Waals surface area contributed by atoms with E-state index in [9.17, 15) is 10.1 Å². The van der Waals surface area contributed by atoms with Gasteiger partial charge < -0.3 is 14.8 Å². The molecule has 0 radical (unpaired) electrons. The summed E-state index contributed by atoms with van der Waals surface area (Å²) in [5.74, 6) is 0.793. The Hall–Kier alpha value is -3.26. The van der Waals surface area contributed by atoms with Crippen molar-refractivity contribution in [3.8, 4) is 17.6 Å². The predicted molar refractivity (Wildman–Crippen MR) is 105 cm³/mol. The molecule has 140 valence electrons. The molecule has 27 heavy (non-hydrogen) atoms. The van der Waals surface area contributed by atoms with Crippen molar-refractivity contribution >= 4 is 12.0 Å². The molecule has 0 aromatic heterocycles. The topological polar surface area (TPSA) is 71.3 Å². The van der Waals surface area contributed by atoms with Crippen LogP contribution in [0.5, 0.6) is 11.5 Å². The van der Waals surface area contributed by atoms with Gasteiger partial charge in [-0.05, 0) is 50.1 Å². The third kappa shape index (κ3) is 6.19. The van der Waals surface area contributed by atoms with Crippen LogP contribution >= 0.6 is 0 Å². The van der Waals surface area contributed by atoms with Gasteiger partial charge in [-0.3, -0.25) is 4.79 Å². The van der Waals surface area contributed by atoms with Crippen molar-refractivity contribution in [3.05, 3.63) is 65.2 Å². The van der Waals surface area contributed by atoms with E-state index in [0.29, 0.717) is 30.3 Å². The molecule has 0 bridgehead atoms. The van der Waals surface area contributed by atoms with Gasteiger partial charge in [-0.15, -0.1) is 0 Å². The number of nitrogens with zero attached hydrogens (tertiary/aromatic N) is 1. The van der Waals surface area contributed by atoms with E-state index in [1.165, 1.54) is 0 Å². The molecule has 0 saturated heterocycles. The highest BCUT2D eigenvalue weighted by Crippen LogP contribution is 2.30. The molecule has 2 aromatic rings. The number of amides is 1. The SMILES string of the molecule is CCOc1cc(/C=C(\C#N)C(=O)NC(C)C)ccc1OCc1ccccc1. The van der Waals surface area contributed by atoms with Crippen LogP contribution in [-0.2, 0) is 11.4 Å². The van der Waals surface area contributed by atoms with Crippen LogP contribution in [0.1, 0.15) is 31.9 Å². The fourth-order valence-electron chi connectivity index (χ4n) is 2.39. The Morgan fingerprint density at radius 1 is 1.15 bits per heavy atom. The Kier molecular flexibility index (Phi) is 7.45. The minimum absolute atomic E-state index is 0.0398. The summed E-state index contributed by atoms with van der Waals surface area (Å²) in [5, 5.41) is 12.0. The second-order valence-electron chi connectivity index (χ2n) is 6.21. The van der Waals surface area contributed by atoms with E-state index in [4.69, 9.17) is 9.47 Å². The number of nitrogens with one attached hydrogen (secondary N) is 1. The van der Waals surface area contributed by atoms with Crippen molar-refractivity contribution in [1.29, 1.82) is 5.26 Å². The molecule has 0 spiro atoms. The monoisotopic (exact) mass is 364 g/mol. The second kappa shape index (κ2) is 10.0. The summed E-state index contributed by atoms with van der Waals surface area (Å²) >= 11 is 0. The zero-order valence-corrected chi connectivity index (χ0v) is 15.9. The van der Waals surface area contributed by atoms with Gasteiger partial charge in [-0.25, -0.2) is 0 Å². The number of carbonyl (C=O) groups excluding carboxylic acids is 1.